The van der Waals surface area contributed by atoms with Crippen molar-refractivity contribution in [3.05, 3.63) is 36.0 Å². The summed E-state index contributed by atoms with van der Waals surface area (Å²) in [7, 11) is 1.75. The van der Waals surface area contributed by atoms with Crippen LogP contribution in [0.5, 0.6) is 5.88 Å². The van der Waals surface area contributed by atoms with Crippen LogP contribution < -0.4 is 15.4 Å². The molecule has 0 fully saturated rings. The van der Waals surface area contributed by atoms with Crippen LogP contribution in [-0.4, -0.2) is 45.9 Å². The van der Waals surface area contributed by atoms with Crippen LogP contribution in [-0.2, 0) is 19.5 Å². The Bertz CT molecular complexity index is 659. The average Bonchev–Trinajstić information content (AvgIpc) is 3.07. The number of pyridine rings is 1. The maximum atomic E-state index is 5.53. The molecular weight excluding hydrogens is 433 g/mol. The molecule has 0 amide bonds. The highest BCUT2D eigenvalue weighted by Gasteiger charge is 2.06. The second-order valence-corrected chi connectivity index (χ2v) is 5.05. The van der Waals surface area contributed by atoms with E-state index in [0.717, 1.165) is 36.9 Å². The SMILES string of the molecule is CCOc1ncccc1CNC(=NC)NCCn1cnnc1CC.I. The number of rotatable bonds is 8. The zero-order valence-corrected chi connectivity index (χ0v) is 17.2. The zero-order valence-electron chi connectivity index (χ0n) is 14.9. The van der Waals surface area contributed by atoms with Crippen LogP contribution in [0.1, 0.15) is 25.2 Å². The van der Waals surface area contributed by atoms with Gasteiger partial charge in [0, 0.05) is 44.9 Å². The lowest BCUT2D eigenvalue weighted by atomic mass is 10.2. The average molecular weight is 459 g/mol. The van der Waals surface area contributed by atoms with E-state index in [2.05, 4.69) is 37.7 Å². The summed E-state index contributed by atoms with van der Waals surface area (Å²) < 4.78 is 7.57. The predicted molar refractivity (Wildman–Crippen MR) is 108 cm³/mol. The highest BCUT2D eigenvalue weighted by atomic mass is 127. The van der Waals surface area contributed by atoms with E-state index in [1.54, 1.807) is 19.6 Å². The first-order chi connectivity index (χ1) is 11.8. The number of nitrogens with zero attached hydrogens (tertiary/aromatic N) is 5. The smallest absolute Gasteiger partial charge is 0.218 e. The van der Waals surface area contributed by atoms with Crippen molar-refractivity contribution in [2.24, 2.45) is 4.99 Å². The number of aliphatic imine (C=N–C) groups is 1. The summed E-state index contributed by atoms with van der Waals surface area (Å²) >= 11 is 0. The number of aryl methyl sites for hydroxylation is 1. The summed E-state index contributed by atoms with van der Waals surface area (Å²) in [6.07, 6.45) is 4.35. The number of hydrogen-bond donors (Lipinski definition) is 2. The molecule has 2 aromatic heterocycles. The molecule has 0 bridgehead atoms. The fourth-order valence-corrected chi connectivity index (χ4v) is 2.26. The Morgan fingerprint density at radius 1 is 1.32 bits per heavy atom. The minimum atomic E-state index is 0. The number of ether oxygens (including phenoxy) is 1. The standard InChI is InChI=1S/C16H25N7O.HI/c1-4-14-22-21-12-23(14)10-9-19-16(17-3)20-11-13-7-6-8-18-15(13)24-5-2;/h6-8,12H,4-5,9-11H2,1-3H3,(H2,17,19,20);1H. The zero-order chi connectivity index (χ0) is 17.2. The third kappa shape index (κ3) is 6.48. The van der Waals surface area contributed by atoms with Gasteiger partial charge in [-0.3, -0.25) is 4.99 Å². The van der Waals surface area contributed by atoms with Gasteiger partial charge in [-0.15, -0.1) is 34.2 Å². The van der Waals surface area contributed by atoms with Crippen molar-refractivity contribution < 1.29 is 4.74 Å². The van der Waals surface area contributed by atoms with Crippen LogP contribution >= 0.6 is 24.0 Å². The molecule has 25 heavy (non-hydrogen) atoms. The van der Waals surface area contributed by atoms with Crippen molar-refractivity contribution in [3.63, 3.8) is 0 Å². The lowest BCUT2D eigenvalue weighted by Crippen LogP contribution is -2.38. The summed E-state index contributed by atoms with van der Waals surface area (Å²) in [6.45, 7) is 6.72. The summed E-state index contributed by atoms with van der Waals surface area (Å²) in [5, 5.41) is 14.6. The molecule has 0 aliphatic carbocycles. The summed E-state index contributed by atoms with van der Waals surface area (Å²) in [5.74, 6) is 2.36. The van der Waals surface area contributed by atoms with Crippen LogP contribution in [0.4, 0.5) is 0 Å². The largest absolute Gasteiger partial charge is 0.478 e. The number of aromatic nitrogens is 4. The fourth-order valence-electron chi connectivity index (χ4n) is 2.26. The van der Waals surface area contributed by atoms with Crippen molar-refractivity contribution in [2.45, 2.75) is 33.4 Å². The van der Waals surface area contributed by atoms with E-state index < -0.39 is 0 Å². The molecule has 0 saturated carbocycles. The van der Waals surface area contributed by atoms with Crippen LogP contribution in [0.25, 0.3) is 0 Å². The summed E-state index contributed by atoms with van der Waals surface area (Å²) in [6, 6.07) is 3.89. The first-order valence-electron chi connectivity index (χ1n) is 8.16. The Morgan fingerprint density at radius 3 is 2.88 bits per heavy atom. The van der Waals surface area contributed by atoms with Gasteiger partial charge >= 0.3 is 0 Å². The van der Waals surface area contributed by atoms with E-state index in [1.807, 2.05) is 23.6 Å². The molecule has 0 radical (unpaired) electrons. The Labute approximate surface area is 165 Å². The van der Waals surface area contributed by atoms with E-state index in [9.17, 15) is 0 Å². The van der Waals surface area contributed by atoms with Gasteiger partial charge in [0.15, 0.2) is 5.96 Å². The normalized spacial score (nSPS) is 10.9. The maximum absolute atomic E-state index is 5.53. The molecule has 2 rings (SSSR count). The van der Waals surface area contributed by atoms with Gasteiger partial charge in [0.25, 0.3) is 0 Å². The first-order valence-corrected chi connectivity index (χ1v) is 8.16. The van der Waals surface area contributed by atoms with Gasteiger partial charge < -0.3 is 19.9 Å². The quantitative estimate of drug-likeness (QED) is 0.355. The lowest BCUT2D eigenvalue weighted by molar-refractivity contribution is 0.322. The van der Waals surface area contributed by atoms with E-state index in [1.165, 1.54) is 0 Å². The van der Waals surface area contributed by atoms with Gasteiger partial charge in [0.2, 0.25) is 5.88 Å². The van der Waals surface area contributed by atoms with Crippen molar-refractivity contribution in [2.75, 3.05) is 20.2 Å². The van der Waals surface area contributed by atoms with E-state index in [0.29, 0.717) is 19.0 Å². The second kappa shape index (κ2) is 11.6. The Kier molecular flexibility index (Phi) is 9.81. The fraction of sp³-hybridized carbons (Fsp3) is 0.500. The molecule has 0 aromatic carbocycles. The van der Waals surface area contributed by atoms with E-state index in [4.69, 9.17) is 4.74 Å². The molecule has 2 heterocycles. The van der Waals surface area contributed by atoms with Crippen molar-refractivity contribution in [1.82, 2.24) is 30.4 Å². The lowest BCUT2D eigenvalue weighted by Gasteiger charge is -2.14. The molecule has 0 unspecified atom stereocenters. The maximum Gasteiger partial charge on any atom is 0.218 e. The van der Waals surface area contributed by atoms with Crippen LogP contribution in [0.3, 0.4) is 0 Å². The van der Waals surface area contributed by atoms with Gasteiger partial charge in [-0.05, 0) is 13.0 Å². The minimum Gasteiger partial charge on any atom is -0.478 e. The molecule has 0 saturated heterocycles. The Balaban J connectivity index is 0.00000312. The molecule has 2 aromatic rings. The third-order valence-corrected chi connectivity index (χ3v) is 3.46. The predicted octanol–water partition coefficient (Wildman–Crippen LogP) is 1.62. The van der Waals surface area contributed by atoms with Crippen molar-refractivity contribution in [3.8, 4) is 5.88 Å². The summed E-state index contributed by atoms with van der Waals surface area (Å²) in [5.41, 5.74) is 0.995. The van der Waals surface area contributed by atoms with Crippen LogP contribution in [0, 0.1) is 0 Å². The molecule has 0 spiro atoms. The van der Waals surface area contributed by atoms with Crippen LogP contribution in [0.2, 0.25) is 0 Å². The van der Waals surface area contributed by atoms with Crippen LogP contribution in [0.15, 0.2) is 29.6 Å². The molecule has 2 N–H and O–H groups in total. The third-order valence-electron chi connectivity index (χ3n) is 3.46. The molecule has 0 aliphatic heterocycles. The molecule has 8 nitrogen and oxygen atoms in total. The highest BCUT2D eigenvalue weighted by molar-refractivity contribution is 14.0. The number of halogens is 1. The molecule has 0 aliphatic rings. The first kappa shape index (κ1) is 21.1. The minimum absolute atomic E-state index is 0. The van der Waals surface area contributed by atoms with E-state index in [-0.39, 0.29) is 24.0 Å². The Morgan fingerprint density at radius 2 is 2.16 bits per heavy atom. The van der Waals surface area contributed by atoms with Gasteiger partial charge in [-0.2, -0.15) is 0 Å². The van der Waals surface area contributed by atoms with Gasteiger partial charge in [0.1, 0.15) is 12.2 Å². The molecule has 0 atom stereocenters. The second-order valence-electron chi connectivity index (χ2n) is 5.05. The van der Waals surface area contributed by atoms with Gasteiger partial charge in [-0.1, -0.05) is 13.0 Å². The highest BCUT2D eigenvalue weighted by Crippen LogP contribution is 2.13. The monoisotopic (exact) mass is 459 g/mol. The molecule has 9 heteroatoms. The number of guanidine groups is 1. The number of nitrogens with one attached hydrogen (secondary N) is 2. The summed E-state index contributed by atoms with van der Waals surface area (Å²) in [4.78, 5) is 8.48. The van der Waals surface area contributed by atoms with Gasteiger partial charge in [-0.25, -0.2) is 4.98 Å². The van der Waals surface area contributed by atoms with Gasteiger partial charge in [0.05, 0.1) is 6.61 Å². The van der Waals surface area contributed by atoms with Crippen molar-refractivity contribution in [1.29, 1.82) is 0 Å². The Hall–Kier alpha value is -1.91. The topological polar surface area (TPSA) is 89.2 Å². The molecule has 138 valence electrons. The van der Waals surface area contributed by atoms with E-state index >= 15 is 0 Å². The number of hydrogen-bond acceptors (Lipinski definition) is 5. The molecular formula is C16H26IN7O. The van der Waals surface area contributed by atoms with Crippen molar-refractivity contribution >= 4 is 29.9 Å².